The van der Waals surface area contributed by atoms with Crippen molar-refractivity contribution in [2.45, 2.75) is 6.92 Å². The Morgan fingerprint density at radius 3 is 2.67 bits per heavy atom. The summed E-state index contributed by atoms with van der Waals surface area (Å²) < 4.78 is 5.21. The maximum atomic E-state index is 12.2. The van der Waals surface area contributed by atoms with E-state index in [1.807, 2.05) is 30.3 Å². The molecule has 0 aromatic heterocycles. The molecule has 1 N–H and O–H groups in total. The Morgan fingerprint density at radius 1 is 1.28 bits per heavy atom. The van der Waals surface area contributed by atoms with Crippen LogP contribution in [-0.4, -0.2) is 29.8 Å². The van der Waals surface area contributed by atoms with E-state index in [0.29, 0.717) is 16.4 Å². The predicted molar refractivity (Wildman–Crippen MR) is 69.0 cm³/mol. The Balaban J connectivity index is 2.68. The Morgan fingerprint density at radius 2 is 2.00 bits per heavy atom. The van der Waals surface area contributed by atoms with E-state index in [9.17, 15) is 10.0 Å². The highest BCUT2D eigenvalue weighted by atomic mass is 16.5. The van der Waals surface area contributed by atoms with Crippen molar-refractivity contribution in [3.63, 3.8) is 0 Å². The van der Waals surface area contributed by atoms with Gasteiger partial charge in [0.1, 0.15) is 5.75 Å². The molecule has 0 saturated carbocycles. The second-order valence-corrected chi connectivity index (χ2v) is 3.88. The fourth-order valence-corrected chi connectivity index (χ4v) is 1.91. The molecule has 4 heteroatoms. The molecule has 94 valence electrons. The van der Waals surface area contributed by atoms with Crippen LogP contribution in [0.5, 0.6) is 5.75 Å². The topological polar surface area (TPSA) is 49.8 Å². The molecule has 0 atom stereocenters. The first kappa shape index (κ1) is 12.4. The highest BCUT2D eigenvalue weighted by molar-refractivity contribution is 6.09. The molecule has 0 fully saturated rings. The number of hydrogen-bond donors (Lipinski definition) is 1. The summed E-state index contributed by atoms with van der Waals surface area (Å²) in [5, 5.41) is 12.0. The average Bonchev–Trinajstić information content (AvgIpc) is 2.44. The van der Waals surface area contributed by atoms with E-state index in [2.05, 4.69) is 0 Å². The maximum absolute atomic E-state index is 12.2. The van der Waals surface area contributed by atoms with Gasteiger partial charge in [-0.15, -0.1) is 0 Å². The van der Waals surface area contributed by atoms with Gasteiger partial charge in [-0.1, -0.05) is 30.3 Å². The first-order chi connectivity index (χ1) is 8.69. The van der Waals surface area contributed by atoms with E-state index >= 15 is 0 Å². The minimum Gasteiger partial charge on any atom is -0.496 e. The number of fused-ring (bicyclic) bond motifs is 1. The summed E-state index contributed by atoms with van der Waals surface area (Å²) >= 11 is 0. The van der Waals surface area contributed by atoms with E-state index in [1.54, 1.807) is 13.0 Å². The van der Waals surface area contributed by atoms with Crippen molar-refractivity contribution in [2.75, 3.05) is 13.7 Å². The number of hydroxylamine groups is 2. The Labute approximate surface area is 105 Å². The number of methoxy groups -OCH3 is 1. The number of ether oxygens (including phenoxy) is 1. The van der Waals surface area contributed by atoms with Crippen LogP contribution in [0, 0.1) is 0 Å². The van der Waals surface area contributed by atoms with Gasteiger partial charge in [0.25, 0.3) is 5.91 Å². The maximum Gasteiger partial charge on any atom is 0.281 e. The van der Waals surface area contributed by atoms with Crippen LogP contribution in [0.2, 0.25) is 0 Å². The van der Waals surface area contributed by atoms with Gasteiger partial charge < -0.3 is 4.74 Å². The van der Waals surface area contributed by atoms with Crippen LogP contribution in [0.3, 0.4) is 0 Å². The van der Waals surface area contributed by atoms with Crippen LogP contribution in [0.4, 0.5) is 0 Å². The first-order valence-corrected chi connectivity index (χ1v) is 5.75. The molecular formula is C14H15NO3. The third-order valence-corrected chi connectivity index (χ3v) is 2.86. The molecule has 4 nitrogen and oxygen atoms in total. The molecule has 0 heterocycles. The van der Waals surface area contributed by atoms with Gasteiger partial charge in [0.15, 0.2) is 0 Å². The van der Waals surface area contributed by atoms with E-state index in [4.69, 9.17) is 4.74 Å². The number of carbonyl (C=O) groups is 1. The smallest absolute Gasteiger partial charge is 0.281 e. The van der Waals surface area contributed by atoms with E-state index < -0.39 is 5.91 Å². The van der Waals surface area contributed by atoms with Crippen molar-refractivity contribution in [3.8, 4) is 5.75 Å². The van der Waals surface area contributed by atoms with E-state index in [1.165, 1.54) is 7.11 Å². The van der Waals surface area contributed by atoms with Crippen LogP contribution in [0.1, 0.15) is 17.3 Å². The fraction of sp³-hybridized carbons (Fsp3) is 0.214. The van der Waals surface area contributed by atoms with Crippen molar-refractivity contribution >= 4 is 16.7 Å². The van der Waals surface area contributed by atoms with Crippen molar-refractivity contribution in [1.82, 2.24) is 5.06 Å². The number of carbonyl (C=O) groups excluding carboxylic acids is 1. The summed E-state index contributed by atoms with van der Waals surface area (Å²) in [6, 6.07) is 11.1. The third-order valence-electron chi connectivity index (χ3n) is 2.86. The van der Waals surface area contributed by atoms with Gasteiger partial charge in [-0.2, -0.15) is 0 Å². The fourth-order valence-electron chi connectivity index (χ4n) is 1.91. The lowest BCUT2D eigenvalue weighted by Gasteiger charge is -2.16. The zero-order chi connectivity index (χ0) is 13.1. The molecule has 0 saturated heterocycles. The quantitative estimate of drug-likeness (QED) is 0.668. The van der Waals surface area contributed by atoms with Crippen LogP contribution in [-0.2, 0) is 0 Å². The Kier molecular flexibility index (Phi) is 3.48. The molecule has 2 rings (SSSR count). The van der Waals surface area contributed by atoms with E-state index in [0.717, 1.165) is 10.8 Å². The molecule has 0 aliphatic heterocycles. The Hall–Kier alpha value is -2.07. The lowest BCUT2D eigenvalue weighted by molar-refractivity contribution is -0.0541. The number of benzene rings is 2. The molecular weight excluding hydrogens is 230 g/mol. The normalized spacial score (nSPS) is 10.4. The van der Waals surface area contributed by atoms with Crippen LogP contribution in [0.25, 0.3) is 10.8 Å². The van der Waals surface area contributed by atoms with Gasteiger partial charge in [0, 0.05) is 6.54 Å². The largest absolute Gasteiger partial charge is 0.496 e. The standard InChI is InChI=1S/C14H15NO3/c1-3-15(17)14(16)13-11-7-5-4-6-10(11)8-9-12(13)18-2/h4-9,17H,3H2,1-2H3. The number of nitrogens with zero attached hydrogens (tertiary/aromatic N) is 1. The summed E-state index contributed by atoms with van der Waals surface area (Å²) in [5.41, 5.74) is 0.389. The summed E-state index contributed by atoms with van der Waals surface area (Å²) in [5.74, 6) is 0.0114. The van der Waals surface area contributed by atoms with Gasteiger partial charge in [0.05, 0.1) is 12.7 Å². The van der Waals surface area contributed by atoms with Gasteiger partial charge in [-0.05, 0) is 23.8 Å². The number of hydrogen-bond acceptors (Lipinski definition) is 3. The van der Waals surface area contributed by atoms with Gasteiger partial charge in [-0.25, -0.2) is 5.06 Å². The zero-order valence-electron chi connectivity index (χ0n) is 10.4. The van der Waals surface area contributed by atoms with Crippen molar-refractivity contribution < 1.29 is 14.7 Å². The molecule has 2 aromatic rings. The molecule has 0 bridgehead atoms. The summed E-state index contributed by atoms with van der Waals surface area (Å²) in [6.07, 6.45) is 0. The Bertz CT molecular complexity index is 580. The first-order valence-electron chi connectivity index (χ1n) is 5.75. The lowest BCUT2D eigenvalue weighted by Crippen LogP contribution is -2.27. The summed E-state index contributed by atoms with van der Waals surface area (Å²) in [4.78, 5) is 12.2. The molecule has 1 amide bonds. The predicted octanol–water partition coefficient (Wildman–Crippen LogP) is 2.70. The third kappa shape index (κ3) is 2.02. The molecule has 0 radical (unpaired) electrons. The van der Waals surface area contributed by atoms with Crippen molar-refractivity contribution in [2.24, 2.45) is 0 Å². The number of amides is 1. The highest BCUT2D eigenvalue weighted by Gasteiger charge is 2.19. The lowest BCUT2D eigenvalue weighted by atomic mass is 10.0. The SMILES string of the molecule is CCN(O)C(=O)c1c(OC)ccc2ccccc12. The van der Waals surface area contributed by atoms with Gasteiger partial charge in [-0.3, -0.25) is 10.0 Å². The molecule has 0 aliphatic carbocycles. The highest BCUT2D eigenvalue weighted by Crippen LogP contribution is 2.28. The summed E-state index contributed by atoms with van der Waals surface area (Å²) in [6.45, 7) is 1.93. The minimum atomic E-state index is -0.453. The van der Waals surface area contributed by atoms with Crippen molar-refractivity contribution in [1.29, 1.82) is 0 Å². The molecule has 0 unspecified atom stereocenters. The van der Waals surface area contributed by atoms with Crippen LogP contribution < -0.4 is 4.74 Å². The van der Waals surface area contributed by atoms with E-state index in [-0.39, 0.29) is 6.54 Å². The average molecular weight is 245 g/mol. The summed E-state index contributed by atoms with van der Waals surface area (Å²) in [7, 11) is 1.51. The second-order valence-electron chi connectivity index (χ2n) is 3.88. The van der Waals surface area contributed by atoms with Gasteiger partial charge in [0.2, 0.25) is 0 Å². The molecule has 18 heavy (non-hydrogen) atoms. The van der Waals surface area contributed by atoms with Crippen LogP contribution >= 0.6 is 0 Å². The monoisotopic (exact) mass is 245 g/mol. The number of rotatable bonds is 3. The molecule has 0 spiro atoms. The second kappa shape index (κ2) is 5.06. The zero-order valence-corrected chi connectivity index (χ0v) is 10.4. The minimum absolute atomic E-state index is 0.227. The molecule has 2 aromatic carbocycles. The van der Waals surface area contributed by atoms with Gasteiger partial charge >= 0.3 is 0 Å². The molecule has 0 aliphatic rings. The van der Waals surface area contributed by atoms with Crippen LogP contribution in [0.15, 0.2) is 36.4 Å². The van der Waals surface area contributed by atoms with Crippen molar-refractivity contribution in [3.05, 3.63) is 42.0 Å².